The van der Waals surface area contributed by atoms with Gasteiger partial charge < -0.3 is 10.7 Å². The quantitative estimate of drug-likeness (QED) is 0.715. The molecule has 0 fully saturated rings. The third-order valence-electron chi connectivity index (χ3n) is 2.68. The summed E-state index contributed by atoms with van der Waals surface area (Å²) in [5.74, 6) is 0. The van der Waals surface area contributed by atoms with Crippen LogP contribution in [0.25, 0.3) is 20.7 Å². The number of hydrogen-bond acceptors (Lipinski definition) is 5. The Balaban J connectivity index is 2.45. The number of fused-ring (bicyclic) bond motifs is 1. The first-order valence-electron chi connectivity index (χ1n) is 5.09. The summed E-state index contributed by atoms with van der Waals surface area (Å²) in [6.45, 7) is 0. The molecular weight excluding hydrogens is 266 g/mol. The minimum atomic E-state index is -0.429. The van der Waals surface area contributed by atoms with E-state index >= 15 is 0 Å². The Morgan fingerprint density at radius 3 is 2.89 bits per heavy atom. The Hall–Kier alpha value is -2.10. The van der Waals surface area contributed by atoms with Crippen LogP contribution < -0.4 is 11.3 Å². The summed E-state index contributed by atoms with van der Waals surface area (Å²) in [6.07, 6.45) is 0. The molecule has 0 spiro atoms. The van der Waals surface area contributed by atoms with Crippen LogP contribution in [0.3, 0.4) is 0 Å². The number of nitriles is 1. The van der Waals surface area contributed by atoms with E-state index in [1.165, 1.54) is 11.3 Å². The Kier molecular flexibility index (Phi) is 2.44. The highest BCUT2D eigenvalue weighted by Gasteiger charge is 2.15. The van der Waals surface area contributed by atoms with Crippen LogP contribution in [0.1, 0.15) is 5.56 Å². The summed E-state index contributed by atoms with van der Waals surface area (Å²) in [6, 6.07) is 5.80. The van der Waals surface area contributed by atoms with Gasteiger partial charge in [0.1, 0.15) is 16.5 Å². The molecule has 0 aliphatic carbocycles. The molecule has 0 bridgehead atoms. The number of aromatic nitrogens is 1. The average Bonchev–Trinajstić information content (AvgIpc) is 2.96. The van der Waals surface area contributed by atoms with Crippen LogP contribution in [-0.2, 0) is 0 Å². The van der Waals surface area contributed by atoms with Crippen molar-refractivity contribution in [2.75, 3.05) is 5.73 Å². The van der Waals surface area contributed by atoms with Crippen molar-refractivity contribution in [3.05, 3.63) is 38.8 Å². The molecule has 18 heavy (non-hydrogen) atoms. The number of aromatic amines is 1. The summed E-state index contributed by atoms with van der Waals surface area (Å²) >= 11 is 3.02. The van der Waals surface area contributed by atoms with Gasteiger partial charge >= 0.3 is 0 Å². The fourth-order valence-electron chi connectivity index (χ4n) is 1.85. The predicted octanol–water partition coefficient (Wildman–Crippen LogP) is 2.77. The second-order valence-electron chi connectivity index (χ2n) is 3.69. The molecule has 3 rings (SSSR count). The lowest BCUT2D eigenvalue weighted by molar-refractivity contribution is 1.29. The molecule has 0 aliphatic heterocycles. The van der Waals surface area contributed by atoms with Crippen molar-refractivity contribution in [3.8, 4) is 16.5 Å². The molecule has 0 amide bonds. The van der Waals surface area contributed by atoms with Gasteiger partial charge in [0.05, 0.1) is 5.69 Å². The van der Waals surface area contributed by atoms with Gasteiger partial charge in [-0.25, -0.2) is 0 Å². The van der Waals surface area contributed by atoms with Gasteiger partial charge in [0.15, 0.2) is 0 Å². The van der Waals surface area contributed by atoms with E-state index in [0.717, 1.165) is 15.8 Å². The standard InChI is InChI=1S/C12H7N3OS2/c13-4-6-10(14)9-7(8-2-1-3-17-8)5-18-12(9)15-11(6)16/h1-3,5H,(H3,14,15,16). The fraction of sp³-hybridized carbons (Fsp3) is 0. The Morgan fingerprint density at radius 2 is 2.22 bits per heavy atom. The maximum atomic E-state index is 11.6. The third-order valence-corrected chi connectivity index (χ3v) is 4.48. The topological polar surface area (TPSA) is 82.7 Å². The SMILES string of the molecule is N#Cc1c(N)c2c(-c3cccs3)csc2[nH]c1=O. The highest BCUT2D eigenvalue weighted by Crippen LogP contribution is 2.38. The number of nitrogens with two attached hydrogens (primary N) is 1. The number of hydrogen-bond donors (Lipinski definition) is 2. The Morgan fingerprint density at radius 1 is 1.39 bits per heavy atom. The molecule has 4 nitrogen and oxygen atoms in total. The van der Waals surface area contributed by atoms with Crippen molar-refractivity contribution < 1.29 is 0 Å². The van der Waals surface area contributed by atoms with Crippen molar-refractivity contribution in [2.45, 2.75) is 0 Å². The molecule has 0 saturated carbocycles. The molecule has 0 unspecified atom stereocenters. The highest BCUT2D eigenvalue weighted by molar-refractivity contribution is 7.18. The van der Waals surface area contributed by atoms with E-state index in [2.05, 4.69) is 4.98 Å². The van der Waals surface area contributed by atoms with Crippen molar-refractivity contribution in [2.24, 2.45) is 0 Å². The van der Waals surface area contributed by atoms with E-state index in [4.69, 9.17) is 11.0 Å². The normalized spacial score (nSPS) is 10.6. The van der Waals surface area contributed by atoms with Crippen LogP contribution in [0.15, 0.2) is 27.7 Å². The first-order chi connectivity index (χ1) is 8.72. The summed E-state index contributed by atoms with van der Waals surface area (Å²) in [4.78, 5) is 16.1. The molecule has 3 heterocycles. The highest BCUT2D eigenvalue weighted by atomic mass is 32.1. The van der Waals surface area contributed by atoms with Gasteiger partial charge in [-0.05, 0) is 11.4 Å². The zero-order chi connectivity index (χ0) is 12.7. The zero-order valence-corrected chi connectivity index (χ0v) is 10.7. The lowest BCUT2D eigenvalue weighted by Gasteiger charge is -2.01. The van der Waals surface area contributed by atoms with Crippen LogP contribution in [0, 0.1) is 11.3 Å². The third kappa shape index (κ3) is 1.45. The molecule has 0 atom stereocenters. The van der Waals surface area contributed by atoms with E-state index in [1.807, 2.05) is 29.0 Å². The second kappa shape index (κ2) is 3.98. The van der Waals surface area contributed by atoms with Gasteiger partial charge in [0.2, 0.25) is 0 Å². The smallest absolute Gasteiger partial charge is 0.269 e. The van der Waals surface area contributed by atoms with Gasteiger partial charge in [-0.1, -0.05) is 6.07 Å². The Labute approximate surface area is 110 Å². The van der Waals surface area contributed by atoms with E-state index in [0.29, 0.717) is 4.83 Å². The number of nitrogens with zero attached hydrogens (tertiary/aromatic N) is 1. The molecule has 3 aromatic heterocycles. The van der Waals surface area contributed by atoms with Gasteiger partial charge in [0, 0.05) is 21.2 Å². The predicted molar refractivity (Wildman–Crippen MR) is 74.9 cm³/mol. The summed E-state index contributed by atoms with van der Waals surface area (Å²) in [5, 5.41) is 13.7. The molecule has 3 aromatic rings. The van der Waals surface area contributed by atoms with E-state index in [-0.39, 0.29) is 11.3 Å². The maximum Gasteiger partial charge on any atom is 0.269 e. The number of thiophene rings is 2. The first-order valence-corrected chi connectivity index (χ1v) is 6.85. The van der Waals surface area contributed by atoms with E-state index in [9.17, 15) is 4.79 Å². The molecule has 88 valence electrons. The van der Waals surface area contributed by atoms with Gasteiger partial charge in [0.25, 0.3) is 5.56 Å². The number of pyridine rings is 1. The monoisotopic (exact) mass is 273 g/mol. The second-order valence-corrected chi connectivity index (χ2v) is 5.51. The molecule has 0 aromatic carbocycles. The molecule has 6 heteroatoms. The van der Waals surface area contributed by atoms with Gasteiger partial charge in [-0.15, -0.1) is 22.7 Å². The lowest BCUT2D eigenvalue weighted by Crippen LogP contribution is -2.12. The summed E-state index contributed by atoms with van der Waals surface area (Å²) < 4.78 is 0. The average molecular weight is 273 g/mol. The number of nitrogen functional groups attached to an aromatic ring is 1. The van der Waals surface area contributed by atoms with Crippen molar-refractivity contribution in [1.82, 2.24) is 4.98 Å². The lowest BCUT2D eigenvalue weighted by atomic mass is 10.1. The molecule has 0 radical (unpaired) electrons. The first kappa shape index (κ1) is 11.0. The maximum absolute atomic E-state index is 11.6. The minimum absolute atomic E-state index is 0.0151. The molecular formula is C12H7N3OS2. The number of rotatable bonds is 1. The summed E-state index contributed by atoms with van der Waals surface area (Å²) in [5.41, 5.74) is 6.74. The number of nitrogens with one attached hydrogen (secondary N) is 1. The van der Waals surface area contributed by atoms with Crippen molar-refractivity contribution >= 4 is 38.6 Å². The number of anilines is 1. The van der Waals surface area contributed by atoms with Crippen LogP contribution in [0.5, 0.6) is 0 Å². The van der Waals surface area contributed by atoms with Crippen LogP contribution in [0.2, 0.25) is 0 Å². The van der Waals surface area contributed by atoms with Gasteiger partial charge in [-0.3, -0.25) is 4.79 Å². The van der Waals surface area contributed by atoms with Gasteiger partial charge in [-0.2, -0.15) is 5.26 Å². The zero-order valence-electron chi connectivity index (χ0n) is 9.06. The van der Waals surface area contributed by atoms with Crippen LogP contribution in [0.4, 0.5) is 5.69 Å². The number of H-pyrrole nitrogens is 1. The van der Waals surface area contributed by atoms with Crippen molar-refractivity contribution in [1.29, 1.82) is 5.26 Å². The van der Waals surface area contributed by atoms with Crippen molar-refractivity contribution in [3.63, 3.8) is 0 Å². The van der Waals surface area contributed by atoms with Crippen LogP contribution in [-0.4, -0.2) is 4.98 Å². The molecule has 0 aliphatic rings. The van der Waals surface area contributed by atoms with E-state index < -0.39 is 5.56 Å². The van der Waals surface area contributed by atoms with Crippen LogP contribution >= 0.6 is 22.7 Å². The van der Waals surface area contributed by atoms with E-state index in [1.54, 1.807) is 11.3 Å². The largest absolute Gasteiger partial charge is 0.397 e. The molecule has 3 N–H and O–H groups in total. The summed E-state index contributed by atoms with van der Waals surface area (Å²) in [7, 11) is 0. The Bertz CT molecular complexity index is 821. The minimum Gasteiger partial charge on any atom is -0.397 e. The fourth-order valence-corrected chi connectivity index (χ4v) is 3.65. The molecule has 0 saturated heterocycles.